The maximum Gasteiger partial charge on any atom is 0.276 e. The summed E-state index contributed by atoms with van der Waals surface area (Å²) < 4.78 is 5.71. The molecule has 2 aromatic heterocycles. The number of rotatable bonds is 8. The number of aromatic nitrogens is 3. The fourth-order valence-corrected chi connectivity index (χ4v) is 4.39. The molecule has 0 unspecified atom stereocenters. The molecule has 0 aliphatic carbocycles. The lowest BCUT2D eigenvalue weighted by Gasteiger charge is -2.06. The van der Waals surface area contributed by atoms with Crippen molar-refractivity contribution in [2.45, 2.75) is 30.7 Å². The standard InChI is InChI=1S/C22H20N4O2S2/c1-15-7-5-6-10-18(15)24-19(27)12-21-23-17(13-29-21)14-30-22-26-25-20(28-22)11-16-8-3-2-4-9-16/h2-10,13H,11-12,14H2,1H3,(H,24,27). The SMILES string of the molecule is Cc1ccccc1NC(=O)Cc1nc(CSc2nnc(Cc3ccccc3)o2)cs1. The van der Waals surface area contributed by atoms with Gasteiger partial charge in [-0.25, -0.2) is 4.98 Å². The number of amides is 1. The topological polar surface area (TPSA) is 80.9 Å². The minimum Gasteiger partial charge on any atom is -0.416 e. The van der Waals surface area contributed by atoms with E-state index >= 15 is 0 Å². The van der Waals surface area contributed by atoms with Gasteiger partial charge >= 0.3 is 0 Å². The molecular weight excluding hydrogens is 416 g/mol. The zero-order valence-corrected chi connectivity index (χ0v) is 18.0. The second-order valence-electron chi connectivity index (χ2n) is 6.69. The largest absolute Gasteiger partial charge is 0.416 e. The first kappa shape index (κ1) is 20.3. The van der Waals surface area contributed by atoms with Gasteiger partial charge in [-0.2, -0.15) is 0 Å². The van der Waals surface area contributed by atoms with Gasteiger partial charge in [0.25, 0.3) is 5.22 Å². The van der Waals surface area contributed by atoms with Crippen LogP contribution in [0.4, 0.5) is 5.69 Å². The van der Waals surface area contributed by atoms with E-state index in [-0.39, 0.29) is 12.3 Å². The van der Waals surface area contributed by atoms with E-state index in [1.165, 1.54) is 23.1 Å². The molecule has 1 amide bonds. The van der Waals surface area contributed by atoms with Crippen LogP contribution >= 0.6 is 23.1 Å². The van der Waals surface area contributed by atoms with E-state index in [1.807, 2.05) is 66.9 Å². The molecule has 0 bridgehead atoms. The van der Waals surface area contributed by atoms with Crippen LogP contribution in [0.5, 0.6) is 0 Å². The molecule has 8 heteroatoms. The fourth-order valence-electron chi connectivity index (χ4n) is 2.82. The van der Waals surface area contributed by atoms with Gasteiger partial charge < -0.3 is 9.73 Å². The highest BCUT2D eigenvalue weighted by molar-refractivity contribution is 7.98. The lowest BCUT2D eigenvalue weighted by Crippen LogP contribution is -2.15. The second kappa shape index (κ2) is 9.69. The van der Waals surface area contributed by atoms with Crippen LogP contribution in [-0.2, 0) is 23.4 Å². The summed E-state index contributed by atoms with van der Waals surface area (Å²) in [5, 5.41) is 14.4. The van der Waals surface area contributed by atoms with E-state index < -0.39 is 0 Å². The van der Waals surface area contributed by atoms with Crippen molar-refractivity contribution in [3.63, 3.8) is 0 Å². The van der Waals surface area contributed by atoms with Crippen LogP contribution in [0.1, 0.15) is 27.7 Å². The van der Waals surface area contributed by atoms with Gasteiger partial charge in [0.15, 0.2) is 0 Å². The summed E-state index contributed by atoms with van der Waals surface area (Å²) >= 11 is 2.93. The molecule has 0 saturated carbocycles. The average Bonchev–Trinajstić information content (AvgIpc) is 3.38. The predicted octanol–water partition coefficient (Wildman–Crippen LogP) is 4.90. The number of aryl methyl sites for hydroxylation is 1. The number of carbonyl (C=O) groups is 1. The van der Waals surface area contributed by atoms with Crippen LogP contribution in [0.15, 0.2) is 69.6 Å². The molecular formula is C22H20N4O2S2. The highest BCUT2D eigenvalue weighted by Crippen LogP contribution is 2.24. The third-order valence-electron chi connectivity index (χ3n) is 4.32. The molecule has 0 fully saturated rings. The first-order valence-electron chi connectivity index (χ1n) is 9.43. The van der Waals surface area contributed by atoms with Crippen molar-refractivity contribution in [2.75, 3.05) is 5.32 Å². The van der Waals surface area contributed by atoms with Crippen LogP contribution in [0, 0.1) is 6.92 Å². The summed E-state index contributed by atoms with van der Waals surface area (Å²) in [4.78, 5) is 16.8. The van der Waals surface area contributed by atoms with Crippen LogP contribution in [0.2, 0.25) is 0 Å². The van der Waals surface area contributed by atoms with Gasteiger partial charge in [0.2, 0.25) is 11.8 Å². The Morgan fingerprint density at radius 2 is 1.90 bits per heavy atom. The Bertz CT molecular complexity index is 1120. The normalized spacial score (nSPS) is 10.8. The van der Waals surface area contributed by atoms with E-state index in [2.05, 4.69) is 20.5 Å². The van der Waals surface area contributed by atoms with Gasteiger partial charge in [0, 0.05) is 16.8 Å². The van der Waals surface area contributed by atoms with Crippen molar-refractivity contribution in [1.29, 1.82) is 0 Å². The van der Waals surface area contributed by atoms with Crippen LogP contribution < -0.4 is 5.32 Å². The van der Waals surface area contributed by atoms with Gasteiger partial charge in [-0.1, -0.05) is 60.3 Å². The van der Waals surface area contributed by atoms with E-state index in [0.29, 0.717) is 23.3 Å². The number of hydrogen-bond acceptors (Lipinski definition) is 7. The Labute approximate surface area is 182 Å². The monoisotopic (exact) mass is 436 g/mol. The van der Waals surface area contributed by atoms with E-state index in [1.54, 1.807) is 0 Å². The van der Waals surface area contributed by atoms with E-state index in [0.717, 1.165) is 27.5 Å². The van der Waals surface area contributed by atoms with Crippen LogP contribution in [0.25, 0.3) is 0 Å². The minimum absolute atomic E-state index is 0.0692. The highest BCUT2D eigenvalue weighted by atomic mass is 32.2. The van der Waals surface area contributed by atoms with Gasteiger partial charge in [0.05, 0.1) is 18.5 Å². The molecule has 0 aliphatic rings. The second-order valence-corrected chi connectivity index (χ2v) is 8.55. The molecule has 2 heterocycles. The molecule has 0 radical (unpaired) electrons. The number of nitrogens with zero attached hydrogens (tertiary/aromatic N) is 3. The number of thioether (sulfide) groups is 1. The number of anilines is 1. The third kappa shape index (κ3) is 5.55. The zero-order chi connectivity index (χ0) is 20.8. The molecule has 0 saturated heterocycles. The molecule has 0 atom stereocenters. The summed E-state index contributed by atoms with van der Waals surface area (Å²) in [6.45, 7) is 1.97. The Morgan fingerprint density at radius 1 is 1.10 bits per heavy atom. The summed E-state index contributed by atoms with van der Waals surface area (Å²) in [6, 6.07) is 17.7. The molecule has 0 aliphatic heterocycles. The first-order valence-corrected chi connectivity index (χ1v) is 11.3. The molecule has 4 aromatic rings. The average molecular weight is 437 g/mol. The van der Waals surface area contributed by atoms with Crippen molar-refractivity contribution >= 4 is 34.7 Å². The molecule has 1 N–H and O–H groups in total. The van der Waals surface area contributed by atoms with Crippen molar-refractivity contribution in [3.05, 3.63) is 87.7 Å². The fraction of sp³-hybridized carbons (Fsp3) is 0.182. The lowest BCUT2D eigenvalue weighted by molar-refractivity contribution is -0.115. The Morgan fingerprint density at radius 3 is 2.73 bits per heavy atom. The number of thiazole rings is 1. The number of nitrogens with one attached hydrogen (secondary N) is 1. The number of hydrogen-bond donors (Lipinski definition) is 1. The first-order chi connectivity index (χ1) is 14.7. The third-order valence-corrected chi connectivity index (χ3v) is 6.07. The highest BCUT2D eigenvalue weighted by Gasteiger charge is 2.12. The molecule has 0 spiro atoms. The summed E-state index contributed by atoms with van der Waals surface area (Å²) in [5.74, 6) is 1.14. The van der Waals surface area contributed by atoms with Gasteiger partial charge in [-0.3, -0.25) is 4.79 Å². The van der Waals surface area contributed by atoms with Crippen molar-refractivity contribution in [3.8, 4) is 0 Å². The molecule has 2 aromatic carbocycles. The number of benzene rings is 2. The zero-order valence-electron chi connectivity index (χ0n) is 16.4. The van der Waals surface area contributed by atoms with Gasteiger partial charge in [-0.15, -0.1) is 21.5 Å². The van der Waals surface area contributed by atoms with Gasteiger partial charge in [0.1, 0.15) is 5.01 Å². The smallest absolute Gasteiger partial charge is 0.276 e. The van der Waals surface area contributed by atoms with Crippen molar-refractivity contribution in [2.24, 2.45) is 0 Å². The Balaban J connectivity index is 1.28. The lowest BCUT2D eigenvalue weighted by atomic mass is 10.2. The Kier molecular flexibility index (Phi) is 6.56. The van der Waals surface area contributed by atoms with E-state index in [4.69, 9.17) is 4.42 Å². The predicted molar refractivity (Wildman–Crippen MR) is 119 cm³/mol. The Hall–Kier alpha value is -2.97. The maximum atomic E-state index is 12.3. The van der Waals surface area contributed by atoms with Crippen LogP contribution in [0.3, 0.4) is 0 Å². The number of carbonyl (C=O) groups excluding carboxylic acids is 1. The summed E-state index contributed by atoms with van der Waals surface area (Å²) in [7, 11) is 0. The van der Waals surface area contributed by atoms with Crippen molar-refractivity contribution in [1.82, 2.24) is 15.2 Å². The molecule has 152 valence electrons. The van der Waals surface area contributed by atoms with Crippen LogP contribution in [-0.4, -0.2) is 21.1 Å². The minimum atomic E-state index is -0.0692. The molecule has 30 heavy (non-hydrogen) atoms. The molecule has 4 rings (SSSR count). The number of para-hydroxylation sites is 1. The van der Waals surface area contributed by atoms with Crippen molar-refractivity contribution < 1.29 is 9.21 Å². The quantitative estimate of drug-likeness (QED) is 0.396. The summed E-state index contributed by atoms with van der Waals surface area (Å²) in [5.41, 5.74) is 3.89. The van der Waals surface area contributed by atoms with Gasteiger partial charge in [-0.05, 0) is 24.1 Å². The molecule has 6 nitrogen and oxygen atoms in total. The summed E-state index contributed by atoms with van der Waals surface area (Å²) in [6.07, 6.45) is 0.872. The maximum absolute atomic E-state index is 12.3. The van der Waals surface area contributed by atoms with E-state index in [9.17, 15) is 4.79 Å².